The number of hydrogen-bond acceptors (Lipinski definition) is 5. The van der Waals surface area contributed by atoms with Gasteiger partial charge in [0.2, 0.25) is 0 Å². The number of ether oxygens (including phenoxy) is 2. The van der Waals surface area contributed by atoms with Gasteiger partial charge in [-0.1, -0.05) is 12.1 Å². The van der Waals surface area contributed by atoms with E-state index >= 15 is 0 Å². The molecule has 3 rings (SSSR count). The smallest absolute Gasteiger partial charge is 0.161 e. The van der Waals surface area contributed by atoms with E-state index in [1.807, 2.05) is 12.1 Å². The zero-order valence-corrected chi connectivity index (χ0v) is 14.3. The van der Waals surface area contributed by atoms with Gasteiger partial charge in [0.05, 0.1) is 19.9 Å². The number of anilines is 1. The molecule has 2 aromatic carbocycles. The number of nitrogens with zero attached hydrogens (tertiary/aromatic N) is 2. The average molecular weight is 349 g/mol. The van der Waals surface area contributed by atoms with Gasteiger partial charge in [-0.05, 0) is 42.0 Å². The summed E-state index contributed by atoms with van der Waals surface area (Å²) >= 11 is 0. The fourth-order valence-electron chi connectivity index (χ4n) is 2.71. The van der Waals surface area contributed by atoms with Gasteiger partial charge >= 0.3 is 0 Å². The first-order chi connectivity index (χ1) is 12.6. The highest BCUT2D eigenvalue weighted by Crippen LogP contribution is 2.35. The molecule has 26 heavy (non-hydrogen) atoms. The Morgan fingerprint density at radius 2 is 1.77 bits per heavy atom. The number of nitrogens with two attached hydrogens (primary N) is 1. The molecule has 130 valence electrons. The van der Waals surface area contributed by atoms with Crippen LogP contribution in [0.3, 0.4) is 0 Å². The van der Waals surface area contributed by atoms with Crippen molar-refractivity contribution in [2.24, 2.45) is 0 Å². The molecule has 0 aliphatic carbocycles. The Labute approximate surface area is 150 Å². The van der Waals surface area contributed by atoms with Crippen LogP contribution in [-0.2, 0) is 0 Å². The Bertz CT molecular complexity index is 1010. The summed E-state index contributed by atoms with van der Waals surface area (Å²) in [5, 5.41) is 9.44. The van der Waals surface area contributed by atoms with E-state index in [0.29, 0.717) is 28.3 Å². The van der Waals surface area contributed by atoms with Crippen LogP contribution >= 0.6 is 0 Å². The van der Waals surface area contributed by atoms with E-state index < -0.39 is 5.82 Å². The van der Waals surface area contributed by atoms with Crippen LogP contribution < -0.4 is 15.2 Å². The number of benzene rings is 2. The van der Waals surface area contributed by atoms with Crippen molar-refractivity contribution in [2.75, 3.05) is 20.0 Å². The number of nitriles is 1. The summed E-state index contributed by atoms with van der Waals surface area (Å²) in [6.45, 7) is 0. The van der Waals surface area contributed by atoms with Gasteiger partial charge in [-0.2, -0.15) is 5.26 Å². The van der Waals surface area contributed by atoms with Crippen LogP contribution in [0.4, 0.5) is 10.2 Å². The third-order valence-corrected chi connectivity index (χ3v) is 3.97. The normalized spacial score (nSPS) is 10.2. The zero-order valence-electron chi connectivity index (χ0n) is 14.3. The molecule has 1 heterocycles. The quantitative estimate of drug-likeness (QED) is 0.769. The predicted octanol–water partition coefficient (Wildman–Crippen LogP) is 4.03. The first-order valence-electron chi connectivity index (χ1n) is 7.76. The minimum Gasteiger partial charge on any atom is -0.493 e. The van der Waals surface area contributed by atoms with Crippen molar-refractivity contribution < 1.29 is 13.9 Å². The van der Waals surface area contributed by atoms with Gasteiger partial charge in [0.15, 0.2) is 11.5 Å². The maximum absolute atomic E-state index is 13.6. The molecule has 2 N–H and O–H groups in total. The van der Waals surface area contributed by atoms with Crippen LogP contribution in [0.5, 0.6) is 11.5 Å². The van der Waals surface area contributed by atoms with Gasteiger partial charge in [-0.25, -0.2) is 9.37 Å². The molecule has 1 aromatic heterocycles. The molecule has 0 aliphatic heterocycles. The molecule has 0 radical (unpaired) electrons. The number of pyridine rings is 1. The van der Waals surface area contributed by atoms with E-state index in [-0.39, 0.29) is 11.4 Å². The molecule has 0 bridgehead atoms. The number of aromatic nitrogens is 1. The monoisotopic (exact) mass is 349 g/mol. The summed E-state index contributed by atoms with van der Waals surface area (Å²) in [4.78, 5) is 4.32. The number of rotatable bonds is 4. The van der Waals surface area contributed by atoms with E-state index in [2.05, 4.69) is 4.98 Å². The van der Waals surface area contributed by atoms with E-state index in [1.165, 1.54) is 12.1 Å². The first-order valence-corrected chi connectivity index (χ1v) is 7.76. The third kappa shape index (κ3) is 3.15. The van der Waals surface area contributed by atoms with Crippen molar-refractivity contribution >= 4 is 5.82 Å². The lowest BCUT2D eigenvalue weighted by Gasteiger charge is -2.12. The van der Waals surface area contributed by atoms with Gasteiger partial charge in [0.1, 0.15) is 23.3 Å². The molecule has 0 fully saturated rings. The fraction of sp³-hybridized carbons (Fsp3) is 0.100. The van der Waals surface area contributed by atoms with Crippen LogP contribution in [-0.4, -0.2) is 19.2 Å². The SMILES string of the molecule is COc1ccc(-c2cc(-c3cccc(F)c3)c(C#N)c(N)n2)cc1OC. The molecule has 0 unspecified atom stereocenters. The second kappa shape index (κ2) is 7.11. The van der Waals surface area contributed by atoms with Crippen LogP contribution in [0.25, 0.3) is 22.4 Å². The van der Waals surface area contributed by atoms with Gasteiger partial charge in [0, 0.05) is 11.1 Å². The average Bonchev–Trinajstić information content (AvgIpc) is 2.66. The molecule has 0 spiro atoms. The molecule has 3 aromatic rings. The Morgan fingerprint density at radius 3 is 2.42 bits per heavy atom. The van der Waals surface area contributed by atoms with Gasteiger partial charge in [0.25, 0.3) is 0 Å². The molecule has 0 saturated carbocycles. The molecular weight excluding hydrogens is 333 g/mol. The lowest BCUT2D eigenvalue weighted by molar-refractivity contribution is 0.355. The lowest BCUT2D eigenvalue weighted by atomic mass is 9.98. The summed E-state index contributed by atoms with van der Waals surface area (Å²) < 4.78 is 24.2. The molecule has 5 nitrogen and oxygen atoms in total. The Hall–Kier alpha value is -3.59. The highest BCUT2D eigenvalue weighted by Gasteiger charge is 2.15. The predicted molar refractivity (Wildman–Crippen MR) is 97.3 cm³/mol. The molecule has 0 saturated heterocycles. The van der Waals surface area contributed by atoms with Crippen molar-refractivity contribution in [1.82, 2.24) is 4.98 Å². The van der Waals surface area contributed by atoms with E-state index in [1.54, 1.807) is 44.6 Å². The summed E-state index contributed by atoms with van der Waals surface area (Å²) in [5.74, 6) is 0.818. The van der Waals surface area contributed by atoms with Crippen molar-refractivity contribution in [3.8, 4) is 40.0 Å². The fourth-order valence-corrected chi connectivity index (χ4v) is 2.71. The molecule has 6 heteroatoms. The molecule has 0 amide bonds. The number of methoxy groups -OCH3 is 2. The van der Waals surface area contributed by atoms with Crippen LogP contribution in [0.2, 0.25) is 0 Å². The number of hydrogen-bond donors (Lipinski definition) is 1. The van der Waals surface area contributed by atoms with E-state index in [0.717, 1.165) is 5.56 Å². The van der Waals surface area contributed by atoms with Crippen LogP contribution in [0.15, 0.2) is 48.5 Å². The van der Waals surface area contributed by atoms with Gasteiger partial charge < -0.3 is 15.2 Å². The summed E-state index contributed by atoms with van der Waals surface area (Å²) in [7, 11) is 3.10. The minimum absolute atomic E-state index is 0.0825. The maximum atomic E-state index is 13.6. The molecule has 0 atom stereocenters. The van der Waals surface area contributed by atoms with E-state index in [9.17, 15) is 9.65 Å². The molecular formula is C20H16FN3O2. The van der Waals surface area contributed by atoms with Crippen molar-refractivity contribution in [3.05, 3.63) is 59.9 Å². The lowest BCUT2D eigenvalue weighted by Crippen LogP contribution is -2.00. The van der Waals surface area contributed by atoms with Crippen LogP contribution in [0.1, 0.15) is 5.56 Å². The zero-order chi connectivity index (χ0) is 18.7. The Kier molecular flexibility index (Phi) is 4.72. The summed E-state index contributed by atoms with van der Waals surface area (Å²) in [5.41, 5.74) is 8.54. The standard InChI is InChI=1S/C20H16FN3O2/c1-25-18-7-6-13(9-19(18)26-2)17-10-15(16(11-22)20(23)24-17)12-4-3-5-14(21)8-12/h3-10H,1-2H3,(H2,23,24). The Morgan fingerprint density at radius 1 is 1.00 bits per heavy atom. The van der Waals surface area contributed by atoms with E-state index in [4.69, 9.17) is 15.2 Å². The Balaban J connectivity index is 2.20. The second-order valence-electron chi connectivity index (χ2n) is 5.51. The summed E-state index contributed by atoms with van der Waals surface area (Å²) in [6.07, 6.45) is 0. The summed E-state index contributed by atoms with van der Waals surface area (Å²) in [6, 6.07) is 15.1. The largest absolute Gasteiger partial charge is 0.493 e. The molecule has 0 aliphatic rings. The minimum atomic E-state index is -0.394. The highest BCUT2D eigenvalue weighted by molar-refractivity contribution is 5.80. The van der Waals surface area contributed by atoms with Gasteiger partial charge in [-0.3, -0.25) is 0 Å². The maximum Gasteiger partial charge on any atom is 0.161 e. The second-order valence-corrected chi connectivity index (χ2v) is 5.51. The van der Waals surface area contributed by atoms with Crippen molar-refractivity contribution in [2.45, 2.75) is 0 Å². The topological polar surface area (TPSA) is 81.2 Å². The number of nitrogen functional groups attached to an aromatic ring is 1. The number of halogens is 1. The van der Waals surface area contributed by atoms with Crippen molar-refractivity contribution in [1.29, 1.82) is 5.26 Å². The van der Waals surface area contributed by atoms with Crippen molar-refractivity contribution in [3.63, 3.8) is 0 Å². The highest BCUT2D eigenvalue weighted by atomic mass is 19.1. The third-order valence-electron chi connectivity index (χ3n) is 3.97. The first kappa shape index (κ1) is 17.2. The van der Waals surface area contributed by atoms with Crippen LogP contribution in [0, 0.1) is 17.1 Å². The van der Waals surface area contributed by atoms with Gasteiger partial charge in [-0.15, -0.1) is 0 Å².